The number of ether oxygens (including phenoxy) is 2. The summed E-state index contributed by atoms with van der Waals surface area (Å²) in [6.45, 7) is 0.900. The second-order valence-electron chi connectivity index (χ2n) is 6.40. The Morgan fingerprint density at radius 1 is 1.15 bits per heavy atom. The lowest BCUT2D eigenvalue weighted by atomic mass is 10.2. The number of carbonyl (C=O) groups excluding carboxylic acids is 2. The first-order valence-corrected chi connectivity index (χ1v) is 10.1. The van der Waals surface area contributed by atoms with Crippen LogP contribution in [-0.2, 0) is 19.6 Å². The minimum absolute atomic E-state index is 0.0344. The fourth-order valence-electron chi connectivity index (χ4n) is 3.29. The highest BCUT2D eigenvalue weighted by Crippen LogP contribution is 2.31. The molecule has 2 saturated heterocycles. The molecule has 0 saturated carbocycles. The second kappa shape index (κ2) is 7.73. The van der Waals surface area contributed by atoms with Crippen molar-refractivity contribution in [3.05, 3.63) is 18.2 Å². The Hall–Kier alpha value is -2.33. The molecule has 3 rings (SSSR count). The van der Waals surface area contributed by atoms with E-state index >= 15 is 0 Å². The van der Waals surface area contributed by atoms with Crippen molar-refractivity contribution in [2.45, 2.75) is 23.8 Å². The highest BCUT2D eigenvalue weighted by Gasteiger charge is 2.36. The lowest BCUT2D eigenvalue weighted by Gasteiger charge is -2.35. The molecule has 0 aromatic heterocycles. The van der Waals surface area contributed by atoms with Crippen molar-refractivity contribution in [2.75, 3.05) is 40.4 Å². The number of amides is 2. The average molecular weight is 397 g/mol. The lowest BCUT2D eigenvalue weighted by Crippen LogP contribution is -2.54. The fourth-order valence-corrected chi connectivity index (χ4v) is 4.89. The number of benzene rings is 1. The number of piperazine rings is 1. The predicted octanol–water partition coefficient (Wildman–Crippen LogP) is -0.185. The zero-order valence-corrected chi connectivity index (χ0v) is 16.1. The van der Waals surface area contributed by atoms with Crippen LogP contribution in [0.4, 0.5) is 0 Å². The molecular weight excluding hydrogens is 374 g/mol. The molecule has 2 fully saturated rings. The standard InChI is InChI=1S/C17H23N3O6S/c1-25-12-3-5-14(26-2)15(11-12)27(23,24)20-9-7-19(8-10-20)17(22)13-4-6-16(21)18-13/h3,5,11,13H,4,6-10H2,1-2H3,(H,18,21)/t13-/m0/s1. The fraction of sp³-hybridized carbons (Fsp3) is 0.529. The van der Waals surface area contributed by atoms with Gasteiger partial charge in [-0.05, 0) is 18.6 Å². The molecule has 1 aromatic rings. The van der Waals surface area contributed by atoms with Crippen LogP contribution in [0, 0.1) is 0 Å². The molecule has 0 spiro atoms. The molecule has 0 radical (unpaired) electrons. The molecule has 1 aromatic carbocycles. The van der Waals surface area contributed by atoms with E-state index in [1.807, 2.05) is 0 Å². The lowest BCUT2D eigenvalue weighted by molar-refractivity contribution is -0.135. The quantitative estimate of drug-likeness (QED) is 0.739. The number of sulfonamides is 1. The van der Waals surface area contributed by atoms with E-state index in [-0.39, 0.29) is 48.6 Å². The van der Waals surface area contributed by atoms with Gasteiger partial charge in [0.1, 0.15) is 22.4 Å². The average Bonchev–Trinajstić information content (AvgIpc) is 3.13. The molecule has 148 valence electrons. The van der Waals surface area contributed by atoms with Gasteiger partial charge in [0.2, 0.25) is 21.8 Å². The Labute approximate surface area is 158 Å². The van der Waals surface area contributed by atoms with Crippen molar-refractivity contribution in [3.8, 4) is 11.5 Å². The Morgan fingerprint density at radius 2 is 1.85 bits per heavy atom. The zero-order valence-electron chi connectivity index (χ0n) is 15.3. The molecule has 2 aliphatic heterocycles. The molecule has 0 aliphatic carbocycles. The maximum Gasteiger partial charge on any atom is 0.247 e. The Kier molecular flexibility index (Phi) is 5.56. The largest absolute Gasteiger partial charge is 0.497 e. The van der Waals surface area contributed by atoms with Crippen molar-refractivity contribution >= 4 is 21.8 Å². The van der Waals surface area contributed by atoms with E-state index in [9.17, 15) is 18.0 Å². The van der Waals surface area contributed by atoms with Gasteiger partial charge >= 0.3 is 0 Å². The molecule has 9 nitrogen and oxygen atoms in total. The summed E-state index contributed by atoms with van der Waals surface area (Å²) in [4.78, 5) is 25.4. The monoisotopic (exact) mass is 397 g/mol. The number of rotatable bonds is 5. The van der Waals surface area contributed by atoms with Crippen LogP contribution in [0.1, 0.15) is 12.8 Å². The van der Waals surface area contributed by atoms with Crippen LogP contribution in [0.25, 0.3) is 0 Å². The predicted molar refractivity (Wildman–Crippen MR) is 96.0 cm³/mol. The summed E-state index contributed by atoms with van der Waals surface area (Å²) in [5.41, 5.74) is 0. The van der Waals surface area contributed by atoms with Crippen LogP contribution in [0.15, 0.2) is 23.1 Å². The number of hydrogen-bond acceptors (Lipinski definition) is 6. The van der Waals surface area contributed by atoms with Gasteiger partial charge in [0.25, 0.3) is 0 Å². The first-order chi connectivity index (χ1) is 12.9. The maximum absolute atomic E-state index is 13.0. The summed E-state index contributed by atoms with van der Waals surface area (Å²) in [6.07, 6.45) is 0.831. The normalized spacial score (nSPS) is 21.0. The number of methoxy groups -OCH3 is 2. The SMILES string of the molecule is COc1ccc(OC)c(S(=O)(=O)N2CCN(C(=O)[C@@H]3CCC(=O)N3)CC2)c1. The topological polar surface area (TPSA) is 105 Å². The van der Waals surface area contributed by atoms with Crippen molar-refractivity contribution in [2.24, 2.45) is 0 Å². The molecule has 10 heteroatoms. The summed E-state index contributed by atoms with van der Waals surface area (Å²) in [7, 11) is -0.921. The van der Waals surface area contributed by atoms with E-state index in [2.05, 4.69) is 5.32 Å². The van der Waals surface area contributed by atoms with Crippen molar-refractivity contribution < 1.29 is 27.5 Å². The van der Waals surface area contributed by atoms with Gasteiger partial charge < -0.3 is 19.7 Å². The van der Waals surface area contributed by atoms with Crippen LogP contribution in [0.2, 0.25) is 0 Å². The number of hydrogen-bond donors (Lipinski definition) is 1. The van der Waals surface area contributed by atoms with E-state index in [1.165, 1.54) is 24.6 Å². The van der Waals surface area contributed by atoms with Crippen LogP contribution in [0.3, 0.4) is 0 Å². The molecule has 0 bridgehead atoms. The van der Waals surface area contributed by atoms with Crippen molar-refractivity contribution in [1.29, 1.82) is 0 Å². The molecule has 0 unspecified atom stereocenters. The first kappa shape index (κ1) is 19.4. The van der Waals surface area contributed by atoms with Crippen molar-refractivity contribution in [1.82, 2.24) is 14.5 Å². The van der Waals surface area contributed by atoms with E-state index in [0.717, 1.165) is 0 Å². The van der Waals surface area contributed by atoms with Gasteiger partial charge in [-0.2, -0.15) is 4.31 Å². The van der Waals surface area contributed by atoms with Crippen LogP contribution in [0.5, 0.6) is 11.5 Å². The second-order valence-corrected chi connectivity index (χ2v) is 8.31. The first-order valence-electron chi connectivity index (χ1n) is 8.67. The molecule has 2 aliphatic rings. The van der Waals surface area contributed by atoms with Gasteiger partial charge in [0, 0.05) is 38.7 Å². The summed E-state index contributed by atoms with van der Waals surface area (Å²) in [5, 5.41) is 2.65. The van der Waals surface area contributed by atoms with E-state index in [1.54, 1.807) is 17.0 Å². The van der Waals surface area contributed by atoms with E-state index in [0.29, 0.717) is 18.6 Å². The minimum atomic E-state index is -3.79. The summed E-state index contributed by atoms with van der Waals surface area (Å²) < 4.78 is 37.7. The van der Waals surface area contributed by atoms with Gasteiger partial charge in [0.15, 0.2) is 0 Å². The van der Waals surface area contributed by atoms with Gasteiger partial charge in [-0.1, -0.05) is 0 Å². The van der Waals surface area contributed by atoms with Crippen LogP contribution >= 0.6 is 0 Å². The molecule has 2 heterocycles. The molecule has 2 amide bonds. The van der Waals surface area contributed by atoms with Crippen LogP contribution < -0.4 is 14.8 Å². The summed E-state index contributed by atoms with van der Waals surface area (Å²) >= 11 is 0. The molecule has 1 N–H and O–H groups in total. The molecule has 27 heavy (non-hydrogen) atoms. The van der Waals surface area contributed by atoms with Crippen LogP contribution in [-0.4, -0.2) is 75.9 Å². The Bertz CT molecular complexity index is 833. The molecule has 1 atom stereocenters. The third kappa shape index (κ3) is 3.86. The van der Waals surface area contributed by atoms with E-state index in [4.69, 9.17) is 9.47 Å². The van der Waals surface area contributed by atoms with E-state index < -0.39 is 16.1 Å². The number of carbonyl (C=O) groups is 2. The third-order valence-electron chi connectivity index (χ3n) is 4.83. The van der Waals surface area contributed by atoms with Gasteiger partial charge in [-0.15, -0.1) is 0 Å². The van der Waals surface area contributed by atoms with Gasteiger partial charge in [0.05, 0.1) is 14.2 Å². The van der Waals surface area contributed by atoms with Gasteiger partial charge in [-0.3, -0.25) is 9.59 Å². The zero-order chi connectivity index (χ0) is 19.6. The highest BCUT2D eigenvalue weighted by molar-refractivity contribution is 7.89. The maximum atomic E-state index is 13.0. The molecular formula is C17H23N3O6S. The Balaban J connectivity index is 1.72. The summed E-state index contributed by atoms with van der Waals surface area (Å²) in [6, 6.07) is 4.11. The third-order valence-corrected chi connectivity index (χ3v) is 6.75. The highest BCUT2D eigenvalue weighted by atomic mass is 32.2. The minimum Gasteiger partial charge on any atom is -0.497 e. The summed E-state index contributed by atoms with van der Waals surface area (Å²) in [5.74, 6) is 0.375. The Morgan fingerprint density at radius 3 is 2.41 bits per heavy atom. The van der Waals surface area contributed by atoms with Gasteiger partial charge in [-0.25, -0.2) is 8.42 Å². The number of nitrogens with one attached hydrogen (secondary N) is 1. The smallest absolute Gasteiger partial charge is 0.247 e. The van der Waals surface area contributed by atoms with Crippen molar-refractivity contribution in [3.63, 3.8) is 0 Å². The number of nitrogens with zero attached hydrogens (tertiary/aromatic N) is 2.